The molecule has 1 aromatic heterocycles. The number of benzene rings is 1. The third-order valence-electron chi connectivity index (χ3n) is 3.95. The molecule has 0 bridgehead atoms. The van der Waals surface area contributed by atoms with E-state index in [4.69, 9.17) is 10.3 Å². The highest BCUT2D eigenvalue weighted by atomic mass is 16.3. The first-order chi connectivity index (χ1) is 8.77. The van der Waals surface area contributed by atoms with E-state index in [1.54, 1.807) is 0 Å². The van der Waals surface area contributed by atoms with Gasteiger partial charge in [0.05, 0.1) is 6.04 Å². The Morgan fingerprint density at radius 3 is 2.94 bits per heavy atom. The number of fused-ring (bicyclic) bond motifs is 1. The maximum absolute atomic E-state index is 6.22. The van der Waals surface area contributed by atoms with E-state index >= 15 is 0 Å². The van der Waals surface area contributed by atoms with Crippen LogP contribution in [0, 0.1) is 6.92 Å². The Bertz CT molecular complexity index is 546. The van der Waals surface area contributed by atoms with Crippen molar-refractivity contribution in [2.24, 2.45) is 5.84 Å². The van der Waals surface area contributed by atoms with E-state index in [1.807, 2.05) is 24.1 Å². The van der Waals surface area contributed by atoms with Crippen molar-refractivity contribution in [2.75, 3.05) is 6.54 Å². The van der Waals surface area contributed by atoms with Gasteiger partial charge in [0.25, 0.3) is 0 Å². The molecule has 2 N–H and O–H groups in total. The van der Waals surface area contributed by atoms with E-state index < -0.39 is 0 Å². The summed E-state index contributed by atoms with van der Waals surface area (Å²) in [4.78, 5) is 0. The third kappa shape index (κ3) is 1.93. The second-order valence-corrected chi connectivity index (χ2v) is 5.17. The molecule has 3 heteroatoms. The van der Waals surface area contributed by atoms with Gasteiger partial charge in [-0.15, -0.1) is 0 Å². The standard InChI is InChI=1S/C15H20N2O/c1-11-15(12-7-4-5-9-14(12)18-11)13-8-3-2-6-10-17(13)16/h4-5,7,9,13H,2-3,6,8,10,16H2,1H3. The Labute approximate surface area is 108 Å². The summed E-state index contributed by atoms with van der Waals surface area (Å²) in [5.74, 6) is 7.23. The minimum Gasteiger partial charge on any atom is -0.461 e. The molecule has 3 nitrogen and oxygen atoms in total. The minimum absolute atomic E-state index is 0.302. The van der Waals surface area contributed by atoms with Gasteiger partial charge >= 0.3 is 0 Å². The number of hydrazine groups is 1. The van der Waals surface area contributed by atoms with Crippen LogP contribution >= 0.6 is 0 Å². The first-order valence-corrected chi connectivity index (χ1v) is 6.77. The van der Waals surface area contributed by atoms with Crippen LogP contribution in [0.2, 0.25) is 0 Å². The van der Waals surface area contributed by atoms with Crippen molar-refractivity contribution in [3.05, 3.63) is 35.6 Å². The first kappa shape index (κ1) is 11.8. The Balaban J connectivity index is 2.09. The van der Waals surface area contributed by atoms with Crippen LogP contribution < -0.4 is 5.84 Å². The highest BCUT2D eigenvalue weighted by Crippen LogP contribution is 2.36. The second-order valence-electron chi connectivity index (χ2n) is 5.17. The summed E-state index contributed by atoms with van der Waals surface area (Å²) in [6, 6.07) is 8.56. The molecule has 96 valence electrons. The second kappa shape index (κ2) is 4.75. The van der Waals surface area contributed by atoms with Crippen LogP contribution in [0.25, 0.3) is 11.0 Å². The van der Waals surface area contributed by atoms with Crippen molar-refractivity contribution < 1.29 is 4.42 Å². The Morgan fingerprint density at radius 2 is 2.06 bits per heavy atom. The molecular weight excluding hydrogens is 224 g/mol. The van der Waals surface area contributed by atoms with Gasteiger partial charge in [0.2, 0.25) is 0 Å². The monoisotopic (exact) mass is 244 g/mol. The maximum atomic E-state index is 6.22. The van der Waals surface area contributed by atoms with Crippen LogP contribution in [-0.4, -0.2) is 11.6 Å². The van der Waals surface area contributed by atoms with E-state index in [0.29, 0.717) is 6.04 Å². The van der Waals surface area contributed by atoms with Gasteiger partial charge < -0.3 is 4.42 Å². The maximum Gasteiger partial charge on any atom is 0.134 e. The van der Waals surface area contributed by atoms with Crippen LogP contribution in [0.1, 0.15) is 43.0 Å². The smallest absolute Gasteiger partial charge is 0.134 e. The van der Waals surface area contributed by atoms with Crippen LogP contribution in [0.3, 0.4) is 0 Å². The van der Waals surface area contributed by atoms with Crippen LogP contribution in [-0.2, 0) is 0 Å². The fraction of sp³-hybridized carbons (Fsp3) is 0.467. The van der Waals surface area contributed by atoms with E-state index in [9.17, 15) is 0 Å². The third-order valence-corrected chi connectivity index (χ3v) is 3.95. The minimum atomic E-state index is 0.302. The molecule has 1 aromatic carbocycles. The number of hydrogen-bond donors (Lipinski definition) is 1. The quantitative estimate of drug-likeness (QED) is 0.780. The van der Waals surface area contributed by atoms with Crippen LogP contribution in [0.15, 0.2) is 28.7 Å². The average molecular weight is 244 g/mol. The fourth-order valence-electron chi connectivity index (χ4n) is 3.04. The van der Waals surface area contributed by atoms with Crippen LogP contribution in [0.4, 0.5) is 0 Å². The molecular formula is C15H20N2O. The zero-order valence-electron chi connectivity index (χ0n) is 10.9. The number of rotatable bonds is 1. The van der Waals surface area contributed by atoms with E-state index in [2.05, 4.69) is 12.1 Å². The molecule has 1 atom stereocenters. The van der Waals surface area contributed by atoms with E-state index in [1.165, 1.54) is 30.2 Å². The number of furan rings is 1. The summed E-state index contributed by atoms with van der Waals surface area (Å²) in [6.07, 6.45) is 4.85. The van der Waals surface area contributed by atoms with E-state index in [0.717, 1.165) is 24.3 Å². The molecule has 1 aliphatic heterocycles. The molecule has 0 aliphatic carbocycles. The van der Waals surface area contributed by atoms with Gasteiger partial charge in [0.15, 0.2) is 0 Å². The van der Waals surface area contributed by atoms with Crippen molar-refractivity contribution in [3.8, 4) is 0 Å². The lowest BCUT2D eigenvalue weighted by atomic mass is 9.99. The summed E-state index contributed by atoms with van der Waals surface area (Å²) in [5.41, 5.74) is 2.26. The summed E-state index contributed by atoms with van der Waals surface area (Å²) in [6.45, 7) is 3.03. The highest BCUT2D eigenvalue weighted by Gasteiger charge is 2.25. The Morgan fingerprint density at radius 1 is 1.22 bits per heavy atom. The van der Waals surface area contributed by atoms with E-state index in [-0.39, 0.29) is 0 Å². The van der Waals surface area contributed by atoms with Crippen LogP contribution in [0.5, 0.6) is 0 Å². The van der Waals surface area contributed by atoms with Gasteiger partial charge in [0, 0.05) is 17.5 Å². The molecule has 18 heavy (non-hydrogen) atoms. The number of para-hydroxylation sites is 1. The highest BCUT2D eigenvalue weighted by molar-refractivity contribution is 5.82. The SMILES string of the molecule is Cc1oc2ccccc2c1C1CCCCCN1N. The zero-order chi connectivity index (χ0) is 12.5. The number of aryl methyl sites for hydroxylation is 1. The largest absolute Gasteiger partial charge is 0.461 e. The van der Waals surface area contributed by atoms with Crippen molar-refractivity contribution in [3.63, 3.8) is 0 Å². The molecule has 0 spiro atoms. The fourth-order valence-corrected chi connectivity index (χ4v) is 3.04. The number of nitrogens with zero attached hydrogens (tertiary/aromatic N) is 1. The lowest BCUT2D eigenvalue weighted by molar-refractivity contribution is 0.206. The van der Waals surface area contributed by atoms with Crippen molar-refractivity contribution >= 4 is 11.0 Å². The molecule has 2 aromatic rings. The normalized spacial score (nSPS) is 22.2. The predicted octanol–water partition coefficient (Wildman–Crippen LogP) is 3.53. The molecule has 1 fully saturated rings. The summed E-state index contributed by atoms with van der Waals surface area (Å²) in [7, 11) is 0. The molecule has 1 aliphatic rings. The summed E-state index contributed by atoms with van der Waals surface area (Å²) in [5, 5.41) is 3.22. The molecule has 2 heterocycles. The first-order valence-electron chi connectivity index (χ1n) is 6.77. The molecule has 1 unspecified atom stereocenters. The van der Waals surface area contributed by atoms with Crippen molar-refractivity contribution in [1.82, 2.24) is 5.01 Å². The van der Waals surface area contributed by atoms with Crippen molar-refractivity contribution in [1.29, 1.82) is 0 Å². The lowest BCUT2D eigenvalue weighted by Gasteiger charge is -2.25. The van der Waals surface area contributed by atoms with Gasteiger partial charge in [-0.05, 0) is 25.8 Å². The molecule has 0 saturated carbocycles. The summed E-state index contributed by atoms with van der Waals surface area (Å²) >= 11 is 0. The van der Waals surface area contributed by atoms with Gasteiger partial charge in [-0.2, -0.15) is 0 Å². The zero-order valence-corrected chi connectivity index (χ0v) is 10.9. The Kier molecular flexibility index (Phi) is 3.10. The molecule has 1 saturated heterocycles. The average Bonchev–Trinajstić information content (AvgIpc) is 2.55. The van der Waals surface area contributed by atoms with Gasteiger partial charge in [-0.3, -0.25) is 5.84 Å². The van der Waals surface area contributed by atoms with Crippen molar-refractivity contribution in [2.45, 2.75) is 38.6 Å². The number of hydrogen-bond acceptors (Lipinski definition) is 3. The molecule has 0 amide bonds. The lowest BCUT2D eigenvalue weighted by Crippen LogP contribution is -2.35. The Hall–Kier alpha value is -1.32. The summed E-state index contributed by atoms with van der Waals surface area (Å²) < 4.78 is 5.86. The molecule has 3 rings (SSSR count). The van der Waals surface area contributed by atoms with Gasteiger partial charge in [-0.1, -0.05) is 31.0 Å². The number of nitrogens with two attached hydrogens (primary N) is 1. The topological polar surface area (TPSA) is 42.4 Å². The van der Waals surface area contributed by atoms with Gasteiger partial charge in [0.1, 0.15) is 11.3 Å². The molecule has 0 radical (unpaired) electrons. The van der Waals surface area contributed by atoms with Gasteiger partial charge in [-0.25, -0.2) is 5.01 Å². The predicted molar refractivity (Wildman–Crippen MR) is 73.1 cm³/mol.